The van der Waals surface area contributed by atoms with E-state index in [2.05, 4.69) is 41.0 Å². The number of nitrogen functional groups attached to an aromatic ring is 1. The maximum atomic E-state index is 5.59. The van der Waals surface area contributed by atoms with E-state index >= 15 is 0 Å². The molecule has 1 saturated heterocycles. The van der Waals surface area contributed by atoms with E-state index < -0.39 is 0 Å². The van der Waals surface area contributed by atoms with Gasteiger partial charge in [0.2, 0.25) is 0 Å². The molecule has 0 atom stereocenters. The van der Waals surface area contributed by atoms with Crippen LogP contribution in [-0.4, -0.2) is 47.6 Å². The molecule has 0 aliphatic carbocycles. The molecule has 1 aromatic rings. The zero-order valence-corrected chi connectivity index (χ0v) is 13.0. The van der Waals surface area contributed by atoms with E-state index in [9.17, 15) is 0 Å². The molecular weight excluding hydrogens is 252 g/mol. The molecular formula is C14H26N6. The van der Waals surface area contributed by atoms with Crippen molar-refractivity contribution in [2.75, 3.05) is 43.0 Å². The monoisotopic (exact) mass is 278 g/mol. The lowest BCUT2D eigenvalue weighted by Gasteiger charge is -2.35. The van der Waals surface area contributed by atoms with Crippen LogP contribution in [0.2, 0.25) is 0 Å². The normalized spacial score (nSPS) is 16.8. The van der Waals surface area contributed by atoms with Crippen molar-refractivity contribution in [3.8, 4) is 0 Å². The second-order valence-electron chi connectivity index (χ2n) is 5.60. The first kappa shape index (κ1) is 15.0. The molecule has 20 heavy (non-hydrogen) atoms. The molecule has 1 aliphatic rings. The van der Waals surface area contributed by atoms with Crippen LogP contribution in [0.25, 0.3) is 0 Å². The molecule has 2 heterocycles. The molecule has 0 radical (unpaired) electrons. The highest BCUT2D eigenvalue weighted by Crippen LogP contribution is 2.26. The average Bonchev–Trinajstić information content (AvgIpc) is 2.47. The number of piperazine rings is 1. The molecule has 0 unspecified atom stereocenters. The Balaban J connectivity index is 2.28. The fourth-order valence-corrected chi connectivity index (χ4v) is 2.50. The standard InChI is InChI=1S/C14H26N6/c1-5-19-6-8-20(9-7-19)14-11(4)13(18-15)16-12(17-14)10(2)3/h10H,5-9,15H2,1-4H3,(H,16,17,18). The SMILES string of the molecule is CCN1CCN(c2nc(C(C)C)nc(NN)c2C)CC1. The lowest BCUT2D eigenvalue weighted by Crippen LogP contribution is -2.46. The van der Waals surface area contributed by atoms with Gasteiger partial charge in [-0.1, -0.05) is 20.8 Å². The van der Waals surface area contributed by atoms with Gasteiger partial charge in [-0.25, -0.2) is 15.8 Å². The average molecular weight is 278 g/mol. The number of hydrogen-bond donors (Lipinski definition) is 2. The van der Waals surface area contributed by atoms with Gasteiger partial charge in [0.05, 0.1) is 0 Å². The molecule has 112 valence electrons. The topological polar surface area (TPSA) is 70.3 Å². The fraction of sp³-hybridized carbons (Fsp3) is 0.714. The Morgan fingerprint density at radius 3 is 2.35 bits per heavy atom. The third-order valence-electron chi connectivity index (χ3n) is 3.91. The van der Waals surface area contributed by atoms with Gasteiger partial charge in [-0.15, -0.1) is 0 Å². The zero-order valence-electron chi connectivity index (χ0n) is 13.0. The number of anilines is 2. The fourth-order valence-electron chi connectivity index (χ4n) is 2.50. The summed E-state index contributed by atoms with van der Waals surface area (Å²) in [6.07, 6.45) is 0. The molecule has 3 N–H and O–H groups in total. The summed E-state index contributed by atoms with van der Waals surface area (Å²) in [5.41, 5.74) is 3.73. The Bertz CT molecular complexity index is 451. The summed E-state index contributed by atoms with van der Waals surface area (Å²) < 4.78 is 0. The molecule has 1 fully saturated rings. The number of hydrogen-bond acceptors (Lipinski definition) is 6. The summed E-state index contributed by atoms with van der Waals surface area (Å²) >= 11 is 0. The number of aromatic nitrogens is 2. The van der Waals surface area contributed by atoms with Crippen molar-refractivity contribution in [2.24, 2.45) is 5.84 Å². The van der Waals surface area contributed by atoms with E-state index in [-0.39, 0.29) is 0 Å². The zero-order chi connectivity index (χ0) is 14.7. The number of likely N-dealkylation sites (N-methyl/N-ethyl adjacent to an activating group) is 1. The van der Waals surface area contributed by atoms with Crippen molar-refractivity contribution in [3.05, 3.63) is 11.4 Å². The highest BCUT2D eigenvalue weighted by atomic mass is 15.3. The molecule has 0 saturated carbocycles. The van der Waals surface area contributed by atoms with Gasteiger partial charge in [0.25, 0.3) is 0 Å². The van der Waals surface area contributed by atoms with Crippen molar-refractivity contribution in [1.29, 1.82) is 0 Å². The number of nitrogens with two attached hydrogens (primary N) is 1. The lowest BCUT2D eigenvalue weighted by molar-refractivity contribution is 0.270. The second kappa shape index (κ2) is 6.37. The molecule has 6 nitrogen and oxygen atoms in total. The summed E-state index contributed by atoms with van der Waals surface area (Å²) in [5, 5.41) is 0. The predicted octanol–water partition coefficient (Wildman–Crippen LogP) is 1.34. The second-order valence-corrected chi connectivity index (χ2v) is 5.60. The first-order valence-corrected chi connectivity index (χ1v) is 7.39. The van der Waals surface area contributed by atoms with E-state index in [1.54, 1.807) is 0 Å². The van der Waals surface area contributed by atoms with Gasteiger partial charge < -0.3 is 15.2 Å². The maximum absolute atomic E-state index is 5.59. The van der Waals surface area contributed by atoms with Crippen LogP contribution in [0.5, 0.6) is 0 Å². The molecule has 0 bridgehead atoms. The Hall–Kier alpha value is -1.40. The van der Waals surface area contributed by atoms with Crippen LogP contribution in [0.3, 0.4) is 0 Å². The van der Waals surface area contributed by atoms with Crippen LogP contribution in [0.4, 0.5) is 11.6 Å². The van der Waals surface area contributed by atoms with Crippen molar-refractivity contribution in [1.82, 2.24) is 14.9 Å². The Morgan fingerprint density at radius 2 is 1.85 bits per heavy atom. The first-order valence-electron chi connectivity index (χ1n) is 7.39. The van der Waals surface area contributed by atoms with Crippen LogP contribution < -0.4 is 16.2 Å². The van der Waals surface area contributed by atoms with Crippen molar-refractivity contribution < 1.29 is 0 Å². The lowest BCUT2D eigenvalue weighted by atomic mass is 10.2. The summed E-state index contributed by atoms with van der Waals surface area (Å²) in [7, 11) is 0. The third-order valence-corrected chi connectivity index (χ3v) is 3.91. The molecule has 0 aromatic carbocycles. The Labute approximate surface area is 121 Å². The van der Waals surface area contributed by atoms with E-state index in [4.69, 9.17) is 10.8 Å². The first-order chi connectivity index (χ1) is 9.56. The van der Waals surface area contributed by atoms with Crippen LogP contribution >= 0.6 is 0 Å². The van der Waals surface area contributed by atoms with Gasteiger partial charge in [0.15, 0.2) is 0 Å². The van der Waals surface area contributed by atoms with Crippen molar-refractivity contribution in [3.63, 3.8) is 0 Å². The summed E-state index contributed by atoms with van der Waals surface area (Å²) in [4.78, 5) is 14.0. The van der Waals surface area contributed by atoms with Gasteiger partial charge in [0.1, 0.15) is 17.5 Å². The minimum atomic E-state index is 0.290. The summed E-state index contributed by atoms with van der Waals surface area (Å²) in [6, 6.07) is 0. The minimum Gasteiger partial charge on any atom is -0.354 e. The van der Waals surface area contributed by atoms with Crippen molar-refractivity contribution in [2.45, 2.75) is 33.6 Å². The molecule has 2 rings (SSSR count). The number of hydrazine groups is 1. The van der Waals surface area contributed by atoms with Crippen LogP contribution in [0.15, 0.2) is 0 Å². The predicted molar refractivity (Wildman–Crippen MR) is 83.0 cm³/mol. The highest BCUT2D eigenvalue weighted by molar-refractivity contribution is 5.58. The van der Waals surface area contributed by atoms with Gasteiger partial charge in [0, 0.05) is 37.7 Å². The third kappa shape index (κ3) is 3.02. The van der Waals surface area contributed by atoms with Crippen LogP contribution in [-0.2, 0) is 0 Å². The quantitative estimate of drug-likeness (QED) is 0.640. The van der Waals surface area contributed by atoms with E-state index in [0.29, 0.717) is 5.92 Å². The smallest absolute Gasteiger partial charge is 0.148 e. The molecule has 6 heteroatoms. The van der Waals surface area contributed by atoms with Gasteiger partial charge >= 0.3 is 0 Å². The summed E-state index contributed by atoms with van der Waals surface area (Å²) in [6.45, 7) is 13.7. The van der Waals surface area contributed by atoms with Gasteiger partial charge in [-0.3, -0.25) is 0 Å². The molecule has 0 spiro atoms. The molecule has 1 aliphatic heterocycles. The summed E-state index contributed by atoms with van der Waals surface area (Å²) in [5.74, 6) is 8.48. The van der Waals surface area contributed by atoms with E-state index in [1.807, 2.05) is 6.92 Å². The van der Waals surface area contributed by atoms with E-state index in [1.165, 1.54) is 0 Å². The number of nitrogens with zero attached hydrogens (tertiary/aromatic N) is 4. The Kier molecular flexibility index (Phi) is 4.77. The van der Waals surface area contributed by atoms with E-state index in [0.717, 1.165) is 55.7 Å². The van der Waals surface area contributed by atoms with Gasteiger partial charge in [-0.05, 0) is 13.5 Å². The molecule has 0 amide bonds. The number of nitrogens with one attached hydrogen (secondary N) is 1. The minimum absolute atomic E-state index is 0.290. The van der Waals surface area contributed by atoms with Crippen molar-refractivity contribution >= 4 is 11.6 Å². The largest absolute Gasteiger partial charge is 0.354 e. The maximum Gasteiger partial charge on any atom is 0.148 e. The number of rotatable bonds is 4. The highest BCUT2D eigenvalue weighted by Gasteiger charge is 2.21. The van der Waals surface area contributed by atoms with Crippen LogP contribution in [0, 0.1) is 6.92 Å². The Morgan fingerprint density at radius 1 is 1.20 bits per heavy atom. The van der Waals surface area contributed by atoms with Gasteiger partial charge in [-0.2, -0.15) is 0 Å². The molecule has 1 aromatic heterocycles. The van der Waals surface area contributed by atoms with Crippen LogP contribution in [0.1, 0.15) is 38.1 Å².